The van der Waals surface area contributed by atoms with E-state index in [0.29, 0.717) is 0 Å². The van der Waals surface area contributed by atoms with E-state index >= 15 is 0 Å². The zero-order chi connectivity index (χ0) is 11.4. The molecule has 0 atom stereocenters. The number of hydrogen-bond acceptors (Lipinski definition) is 2. The summed E-state index contributed by atoms with van der Waals surface area (Å²) in [6.07, 6.45) is 7.66. The van der Waals surface area contributed by atoms with Gasteiger partial charge in [0.2, 0.25) is 0 Å². The lowest BCUT2D eigenvalue weighted by Crippen LogP contribution is -2.08. The molecule has 1 nitrogen and oxygen atoms in total. The molecule has 1 saturated carbocycles. The number of carbonyl (C=O) groups is 1. The molecule has 1 fully saturated rings. The van der Waals surface area contributed by atoms with Crippen molar-refractivity contribution < 1.29 is 4.79 Å². The summed E-state index contributed by atoms with van der Waals surface area (Å²) in [7, 11) is 0. The summed E-state index contributed by atoms with van der Waals surface area (Å²) in [5.74, 6) is 0. The van der Waals surface area contributed by atoms with E-state index in [0.717, 1.165) is 27.6 Å². The molecule has 2 heteroatoms. The van der Waals surface area contributed by atoms with Crippen LogP contribution in [0.2, 0.25) is 0 Å². The number of aldehydes is 1. The number of hydrogen-bond donors (Lipinski definition) is 0. The normalized spacial score (nSPS) is 17.3. The van der Waals surface area contributed by atoms with E-state index in [1.165, 1.54) is 32.1 Å². The molecule has 86 valence electrons. The van der Waals surface area contributed by atoms with Crippen LogP contribution >= 0.6 is 11.8 Å². The van der Waals surface area contributed by atoms with Gasteiger partial charge in [-0.15, -0.1) is 11.8 Å². The lowest BCUT2D eigenvalue weighted by atomic mass is 10.0. The molecular formula is C14H18OS. The highest BCUT2D eigenvalue weighted by Gasteiger charge is 2.16. The topological polar surface area (TPSA) is 17.1 Å². The van der Waals surface area contributed by atoms with Gasteiger partial charge in [-0.1, -0.05) is 30.9 Å². The Morgan fingerprint density at radius 2 is 2.00 bits per heavy atom. The number of aryl methyl sites for hydroxylation is 1. The first-order valence-corrected chi connectivity index (χ1v) is 6.90. The van der Waals surface area contributed by atoms with Crippen LogP contribution in [0.4, 0.5) is 0 Å². The van der Waals surface area contributed by atoms with Gasteiger partial charge in [-0.05, 0) is 31.9 Å². The highest BCUT2D eigenvalue weighted by Crippen LogP contribution is 2.35. The third-order valence-corrected chi connectivity index (χ3v) is 4.57. The Bertz CT molecular complexity index is 367. The lowest BCUT2D eigenvalue weighted by molar-refractivity contribution is 0.112. The number of rotatable bonds is 3. The Morgan fingerprint density at radius 3 is 2.69 bits per heavy atom. The van der Waals surface area contributed by atoms with Crippen molar-refractivity contribution in [2.75, 3.05) is 0 Å². The predicted molar refractivity (Wildman–Crippen MR) is 69.3 cm³/mol. The summed E-state index contributed by atoms with van der Waals surface area (Å²) >= 11 is 1.89. The molecule has 0 N–H and O–H groups in total. The molecule has 0 saturated heterocycles. The minimum atomic E-state index is 0.718. The summed E-state index contributed by atoms with van der Waals surface area (Å²) < 4.78 is 0. The minimum Gasteiger partial charge on any atom is -0.298 e. The summed E-state index contributed by atoms with van der Waals surface area (Å²) in [6.45, 7) is 2.03. The largest absolute Gasteiger partial charge is 0.298 e. The van der Waals surface area contributed by atoms with E-state index in [1.807, 2.05) is 24.8 Å². The molecule has 0 heterocycles. The van der Waals surface area contributed by atoms with Gasteiger partial charge < -0.3 is 0 Å². The monoisotopic (exact) mass is 234 g/mol. The Hall–Kier alpha value is -0.760. The molecule has 0 amide bonds. The maximum absolute atomic E-state index is 11.0. The number of carbonyl (C=O) groups excluding carboxylic acids is 1. The molecule has 16 heavy (non-hydrogen) atoms. The Balaban J connectivity index is 2.10. The van der Waals surface area contributed by atoms with E-state index in [4.69, 9.17) is 0 Å². The molecule has 0 spiro atoms. The zero-order valence-corrected chi connectivity index (χ0v) is 10.6. The smallest absolute Gasteiger partial charge is 0.151 e. The summed E-state index contributed by atoms with van der Waals surface area (Å²) in [5.41, 5.74) is 2.02. The average molecular weight is 234 g/mol. The van der Waals surface area contributed by atoms with Gasteiger partial charge in [-0.2, -0.15) is 0 Å². The highest BCUT2D eigenvalue weighted by molar-refractivity contribution is 8.00. The van der Waals surface area contributed by atoms with Crippen molar-refractivity contribution in [3.05, 3.63) is 29.3 Å². The van der Waals surface area contributed by atoms with Crippen LogP contribution in [0.25, 0.3) is 0 Å². The van der Waals surface area contributed by atoms with Crippen molar-refractivity contribution in [3.63, 3.8) is 0 Å². The Labute approximate surface area is 102 Å². The van der Waals surface area contributed by atoms with Gasteiger partial charge in [-0.25, -0.2) is 0 Å². The predicted octanol–water partition coefficient (Wildman–Crippen LogP) is 4.23. The molecule has 1 aromatic rings. The van der Waals surface area contributed by atoms with Crippen molar-refractivity contribution in [2.45, 2.75) is 49.2 Å². The molecule has 1 aliphatic rings. The second kappa shape index (κ2) is 5.53. The van der Waals surface area contributed by atoms with Crippen LogP contribution < -0.4 is 0 Å². The van der Waals surface area contributed by atoms with Crippen molar-refractivity contribution >= 4 is 18.0 Å². The van der Waals surface area contributed by atoms with Crippen molar-refractivity contribution in [1.82, 2.24) is 0 Å². The van der Waals surface area contributed by atoms with Crippen LogP contribution in [-0.2, 0) is 0 Å². The highest BCUT2D eigenvalue weighted by atomic mass is 32.2. The van der Waals surface area contributed by atoms with Gasteiger partial charge in [0.05, 0.1) is 0 Å². The summed E-state index contributed by atoms with van der Waals surface area (Å²) in [6, 6.07) is 6.18. The van der Waals surface area contributed by atoms with E-state index in [9.17, 15) is 4.79 Å². The first-order valence-electron chi connectivity index (χ1n) is 6.02. The summed E-state index contributed by atoms with van der Waals surface area (Å²) in [4.78, 5) is 12.2. The molecule has 0 aliphatic heterocycles. The molecule has 2 rings (SSSR count). The number of thioether (sulfide) groups is 1. The fourth-order valence-corrected chi connectivity index (χ4v) is 3.55. The van der Waals surface area contributed by atoms with Crippen LogP contribution in [0.1, 0.15) is 48.0 Å². The van der Waals surface area contributed by atoms with E-state index in [-0.39, 0.29) is 0 Å². The zero-order valence-electron chi connectivity index (χ0n) is 9.74. The molecule has 0 aromatic heterocycles. The molecule has 0 radical (unpaired) electrons. The van der Waals surface area contributed by atoms with Crippen LogP contribution in [0.3, 0.4) is 0 Å². The van der Waals surface area contributed by atoms with Gasteiger partial charge >= 0.3 is 0 Å². The molecule has 1 aliphatic carbocycles. The SMILES string of the molecule is Cc1ccc(SC2CCCCC2)c(C=O)c1. The quantitative estimate of drug-likeness (QED) is 0.728. The standard InChI is InChI=1S/C14H18OS/c1-11-7-8-14(12(9-11)10-15)16-13-5-3-2-4-6-13/h7-10,13H,2-6H2,1H3. The maximum atomic E-state index is 11.0. The minimum absolute atomic E-state index is 0.718. The third kappa shape index (κ3) is 2.88. The first kappa shape index (κ1) is 11.7. The third-order valence-electron chi connectivity index (χ3n) is 3.14. The van der Waals surface area contributed by atoms with Gasteiger partial charge in [-0.3, -0.25) is 4.79 Å². The Kier molecular flexibility index (Phi) is 4.05. The van der Waals surface area contributed by atoms with Crippen LogP contribution in [0.5, 0.6) is 0 Å². The Morgan fingerprint density at radius 1 is 1.25 bits per heavy atom. The second-order valence-electron chi connectivity index (χ2n) is 4.54. The van der Waals surface area contributed by atoms with E-state index in [2.05, 4.69) is 12.1 Å². The van der Waals surface area contributed by atoms with Gasteiger partial charge in [0, 0.05) is 15.7 Å². The maximum Gasteiger partial charge on any atom is 0.151 e. The first-order chi connectivity index (χ1) is 7.79. The molecule has 0 unspecified atom stereocenters. The van der Waals surface area contributed by atoms with Gasteiger partial charge in [0.25, 0.3) is 0 Å². The molecule has 1 aromatic carbocycles. The van der Waals surface area contributed by atoms with Crippen molar-refractivity contribution in [2.24, 2.45) is 0 Å². The summed E-state index contributed by atoms with van der Waals surface area (Å²) in [5, 5.41) is 0.718. The van der Waals surface area contributed by atoms with E-state index < -0.39 is 0 Å². The molecular weight excluding hydrogens is 216 g/mol. The van der Waals surface area contributed by atoms with Crippen molar-refractivity contribution in [3.8, 4) is 0 Å². The van der Waals surface area contributed by atoms with E-state index in [1.54, 1.807) is 0 Å². The fraction of sp³-hybridized carbons (Fsp3) is 0.500. The van der Waals surface area contributed by atoms with Crippen LogP contribution in [-0.4, -0.2) is 11.5 Å². The number of benzene rings is 1. The molecule has 0 bridgehead atoms. The van der Waals surface area contributed by atoms with Gasteiger partial charge in [0.15, 0.2) is 6.29 Å². The van der Waals surface area contributed by atoms with Crippen molar-refractivity contribution in [1.29, 1.82) is 0 Å². The average Bonchev–Trinajstić information content (AvgIpc) is 2.33. The fourth-order valence-electron chi connectivity index (χ4n) is 2.23. The second-order valence-corrected chi connectivity index (χ2v) is 5.88. The van der Waals surface area contributed by atoms with Crippen LogP contribution in [0.15, 0.2) is 23.1 Å². The van der Waals surface area contributed by atoms with Crippen LogP contribution in [0, 0.1) is 6.92 Å². The lowest BCUT2D eigenvalue weighted by Gasteiger charge is -2.21. The van der Waals surface area contributed by atoms with Gasteiger partial charge in [0.1, 0.15) is 0 Å².